The molecule has 7 heteroatoms. The van der Waals surface area contributed by atoms with Gasteiger partial charge in [0.1, 0.15) is 17.6 Å². The molecule has 2 rings (SSSR count). The number of rotatable bonds is 7. The summed E-state index contributed by atoms with van der Waals surface area (Å²) in [6.07, 6.45) is -0.896. The monoisotopic (exact) mass is 336 g/mol. The van der Waals surface area contributed by atoms with Crippen LogP contribution in [0.5, 0.6) is 11.5 Å². The van der Waals surface area contributed by atoms with Crippen molar-refractivity contribution >= 4 is 17.4 Å². The summed E-state index contributed by atoms with van der Waals surface area (Å²) in [5.74, 6) is 1.15. The van der Waals surface area contributed by atoms with Crippen molar-refractivity contribution in [2.75, 3.05) is 20.8 Å². The number of carbonyl (C=O) groups is 1. The summed E-state index contributed by atoms with van der Waals surface area (Å²) in [6.45, 7) is 0.530. The quantitative estimate of drug-likeness (QED) is 0.725. The zero-order valence-electron chi connectivity index (χ0n) is 13.0. The molecule has 23 heavy (non-hydrogen) atoms. The van der Waals surface area contributed by atoms with Gasteiger partial charge in [0.2, 0.25) is 0 Å². The van der Waals surface area contributed by atoms with Gasteiger partial charge < -0.3 is 25.2 Å². The molecular weight excluding hydrogens is 316 g/mol. The summed E-state index contributed by atoms with van der Waals surface area (Å²) in [7, 11) is 3.08. The van der Waals surface area contributed by atoms with Crippen molar-refractivity contribution in [2.24, 2.45) is 0 Å². The van der Waals surface area contributed by atoms with Gasteiger partial charge in [-0.2, -0.15) is 0 Å². The predicted molar refractivity (Wildman–Crippen MR) is 89.1 cm³/mol. The first-order valence-electron chi connectivity index (χ1n) is 7.08. The Labute approximate surface area is 139 Å². The molecule has 0 fully saturated rings. The van der Waals surface area contributed by atoms with E-state index in [-0.39, 0.29) is 12.6 Å². The lowest BCUT2D eigenvalue weighted by atomic mass is 10.1. The normalized spacial score (nSPS) is 11.6. The molecule has 0 unspecified atom stereocenters. The molecule has 0 bridgehead atoms. The summed E-state index contributed by atoms with van der Waals surface area (Å²) in [5.41, 5.74) is 0.561. The number of benzene rings is 1. The van der Waals surface area contributed by atoms with E-state index in [1.165, 1.54) is 7.11 Å². The number of carbonyl (C=O) groups excluding carboxylic acids is 1. The van der Waals surface area contributed by atoms with Crippen LogP contribution in [0, 0.1) is 0 Å². The van der Waals surface area contributed by atoms with Crippen LogP contribution in [0.4, 0.5) is 4.79 Å². The molecular formula is C16H20N2O4S. The minimum absolute atomic E-state index is 0.0692. The third-order valence-corrected chi connectivity index (χ3v) is 4.13. The number of methoxy groups -OCH3 is 2. The van der Waals surface area contributed by atoms with Crippen LogP contribution in [0.15, 0.2) is 35.7 Å². The zero-order chi connectivity index (χ0) is 16.7. The highest BCUT2D eigenvalue weighted by Crippen LogP contribution is 2.29. The zero-order valence-corrected chi connectivity index (χ0v) is 13.9. The Morgan fingerprint density at radius 2 is 2.09 bits per heavy atom. The van der Waals surface area contributed by atoms with Gasteiger partial charge in [-0.3, -0.25) is 0 Å². The Bertz CT molecular complexity index is 631. The van der Waals surface area contributed by atoms with Gasteiger partial charge in [-0.25, -0.2) is 4.79 Å². The fourth-order valence-electron chi connectivity index (χ4n) is 2.04. The van der Waals surface area contributed by atoms with Gasteiger partial charge in [0.05, 0.1) is 20.8 Å². The topological polar surface area (TPSA) is 79.8 Å². The maximum absolute atomic E-state index is 11.8. The standard InChI is InChI=1S/C16H20N2O4S/c1-21-11-5-6-15(22-2)13(8-11)14(19)10-18-16(20)17-9-12-4-3-7-23-12/h3-8,14,19H,9-10H2,1-2H3,(H2,17,18,20)/t14-/m1/s1. The van der Waals surface area contributed by atoms with E-state index in [0.717, 1.165) is 4.88 Å². The Kier molecular flexibility index (Phi) is 6.25. The van der Waals surface area contributed by atoms with E-state index < -0.39 is 6.10 Å². The van der Waals surface area contributed by atoms with Crippen molar-refractivity contribution < 1.29 is 19.4 Å². The fourth-order valence-corrected chi connectivity index (χ4v) is 2.69. The highest BCUT2D eigenvalue weighted by Gasteiger charge is 2.15. The third-order valence-electron chi connectivity index (χ3n) is 3.26. The smallest absolute Gasteiger partial charge is 0.315 e. The van der Waals surface area contributed by atoms with Crippen LogP contribution in [0.3, 0.4) is 0 Å². The van der Waals surface area contributed by atoms with Crippen LogP contribution in [0.2, 0.25) is 0 Å². The number of urea groups is 1. The molecule has 2 aromatic rings. The van der Waals surface area contributed by atoms with E-state index in [9.17, 15) is 9.90 Å². The molecule has 0 saturated carbocycles. The molecule has 2 amide bonds. The molecule has 1 aromatic carbocycles. The second-order valence-corrected chi connectivity index (χ2v) is 5.80. The van der Waals surface area contributed by atoms with Gasteiger partial charge in [-0.1, -0.05) is 6.07 Å². The van der Waals surface area contributed by atoms with Crippen LogP contribution in [-0.4, -0.2) is 31.9 Å². The minimum atomic E-state index is -0.896. The summed E-state index contributed by atoms with van der Waals surface area (Å²) in [5, 5.41) is 17.6. The second-order valence-electron chi connectivity index (χ2n) is 4.77. The summed E-state index contributed by atoms with van der Waals surface area (Å²) in [6, 6.07) is 8.69. The van der Waals surface area contributed by atoms with Crippen molar-refractivity contribution in [1.29, 1.82) is 0 Å². The van der Waals surface area contributed by atoms with Gasteiger partial charge in [-0.15, -0.1) is 11.3 Å². The van der Waals surface area contributed by atoms with Gasteiger partial charge in [0.25, 0.3) is 0 Å². The first-order chi connectivity index (χ1) is 11.1. The van der Waals surface area contributed by atoms with Gasteiger partial charge >= 0.3 is 6.03 Å². The van der Waals surface area contributed by atoms with Gasteiger partial charge in [-0.05, 0) is 29.6 Å². The lowest BCUT2D eigenvalue weighted by molar-refractivity contribution is 0.169. The van der Waals surface area contributed by atoms with Crippen LogP contribution < -0.4 is 20.1 Å². The number of thiophene rings is 1. The van der Waals surface area contributed by atoms with E-state index in [4.69, 9.17) is 9.47 Å². The fraction of sp³-hybridized carbons (Fsp3) is 0.312. The summed E-state index contributed by atoms with van der Waals surface area (Å²) in [4.78, 5) is 12.8. The molecule has 0 aliphatic carbocycles. The van der Waals surface area contributed by atoms with Crippen LogP contribution in [0.1, 0.15) is 16.5 Å². The first-order valence-corrected chi connectivity index (χ1v) is 7.96. The van der Waals surface area contributed by atoms with E-state index in [0.29, 0.717) is 23.6 Å². The Morgan fingerprint density at radius 1 is 1.26 bits per heavy atom. The van der Waals surface area contributed by atoms with Crippen molar-refractivity contribution in [3.05, 3.63) is 46.2 Å². The lowest BCUT2D eigenvalue weighted by Crippen LogP contribution is -2.37. The van der Waals surface area contributed by atoms with Crippen molar-refractivity contribution in [1.82, 2.24) is 10.6 Å². The maximum Gasteiger partial charge on any atom is 0.315 e. The average Bonchev–Trinajstić information content (AvgIpc) is 3.10. The number of aliphatic hydroxyl groups is 1. The molecule has 1 aromatic heterocycles. The van der Waals surface area contributed by atoms with Crippen LogP contribution >= 0.6 is 11.3 Å². The molecule has 1 atom stereocenters. The van der Waals surface area contributed by atoms with E-state index in [2.05, 4.69) is 10.6 Å². The number of nitrogens with one attached hydrogen (secondary N) is 2. The molecule has 0 aliphatic heterocycles. The van der Waals surface area contributed by atoms with Crippen LogP contribution in [0.25, 0.3) is 0 Å². The SMILES string of the molecule is COc1ccc(OC)c([C@H](O)CNC(=O)NCc2cccs2)c1. The lowest BCUT2D eigenvalue weighted by Gasteiger charge is -2.16. The number of hydrogen-bond donors (Lipinski definition) is 3. The molecule has 0 spiro atoms. The molecule has 0 saturated heterocycles. The molecule has 1 heterocycles. The minimum Gasteiger partial charge on any atom is -0.497 e. The van der Waals surface area contributed by atoms with E-state index in [1.807, 2.05) is 17.5 Å². The Balaban J connectivity index is 1.88. The largest absolute Gasteiger partial charge is 0.497 e. The Hall–Kier alpha value is -2.25. The number of aliphatic hydroxyl groups excluding tert-OH is 1. The van der Waals surface area contributed by atoms with Crippen molar-refractivity contribution in [2.45, 2.75) is 12.6 Å². The predicted octanol–water partition coefficient (Wildman–Crippen LogP) is 2.30. The molecule has 0 aliphatic rings. The molecule has 0 radical (unpaired) electrons. The second kappa shape index (κ2) is 8.40. The number of amides is 2. The number of ether oxygens (including phenoxy) is 2. The third kappa shape index (κ3) is 4.87. The average molecular weight is 336 g/mol. The maximum atomic E-state index is 11.8. The summed E-state index contributed by atoms with van der Waals surface area (Å²) < 4.78 is 10.4. The molecule has 124 valence electrons. The van der Waals surface area contributed by atoms with E-state index in [1.54, 1.807) is 36.6 Å². The van der Waals surface area contributed by atoms with Crippen molar-refractivity contribution in [3.63, 3.8) is 0 Å². The van der Waals surface area contributed by atoms with Gasteiger partial charge in [0, 0.05) is 17.0 Å². The molecule has 3 N–H and O–H groups in total. The van der Waals surface area contributed by atoms with Gasteiger partial charge in [0.15, 0.2) is 0 Å². The van der Waals surface area contributed by atoms with E-state index >= 15 is 0 Å². The highest BCUT2D eigenvalue weighted by molar-refractivity contribution is 7.09. The highest BCUT2D eigenvalue weighted by atomic mass is 32.1. The van der Waals surface area contributed by atoms with Crippen LogP contribution in [-0.2, 0) is 6.54 Å². The van der Waals surface area contributed by atoms with Crippen molar-refractivity contribution in [3.8, 4) is 11.5 Å². The number of hydrogen-bond acceptors (Lipinski definition) is 5. The Morgan fingerprint density at radius 3 is 2.74 bits per heavy atom. The first kappa shape index (κ1) is 17.1. The molecule has 6 nitrogen and oxygen atoms in total. The summed E-state index contributed by atoms with van der Waals surface area (Å²) >= 11 is 1.57.